The molecule has 0 radical (unpaired) electrons. The lowest BCUT2D eigenvalue weighted by Gasteiger charge is -2.34. The van der Waals surface area contributed by atoms with Gasteiger partial charge < -0.3 is 14.4 Å². The summed E-state index contributed by atoms with van der Waals surface area (Å²) in [5, 5.41) is 17.7. The Kier molecular flexibility index (Phi) is 3.94. The van der Waals surface area contributed by atoms with Crippen LogP contribution in [0.1, 0.15) is 29.6 Å². The number of β-amino-alcohol motifs (C(OH)–C–C–N with tert-alkyl or cyclic N) is 1. The molecule has 3 rings (SSSR count). The number of rotatable bonds is 2. The summed E-state index contributed by atoms with van der Waals surface area (Å²) in [5.74, 6) is 1.14. The van der Waals surface area contributed by atoms with E-state index in [9.17, 15) is 9.90 Å². The number of aromatic nitrogens is 2. The van der Waals surface area contributed by atoms with Crippen LogP contribution >= 0.6 is 0 Å². The van der Waals surface area contributed by atoms with Gasteiger partial charge >= 0.3 is 0 Å². The topological polar surface area (TPSA) is 79.5 Å². The smallest absolute Gasteiger partial charge is 0.253 e. The first-order chi connectivity index (χ1) is 10.5. The average molecular weight is 301 g/mol. The molecule has 1 fully saturated rings. The molecule has 2 atom stereocenters. The lowest BCUT2D eigenvalue weighted by Crippen LogP contribution is -2.45. The molecule has 1 saturated heterocycles. The number of likely N-dealkylation sites (tertiary alicyclic amines) is 1. The van der Waals surface area contributed by atoms with Crippen molar-refractivity contribution in [3.8, 4) is 11.5 Å². The molecule has 22 heavy (non-hydrogen) atoms. The maximum atomic E-state index is 12.5. The van der Waals surface area contributed by atoms with Crippen molar-refractivity contribution >= 4 is 5.91 Å². The molecule has 0 bridgehead atoms. The van der Waals surface area contributed by atoms with Crippen molar-refractivity contribution in [1.29, 1.82) is 0 Å². The van der Waals surface area contributed by atoms with Gasteiger partial charge in [0.15, 0.2) is 0 Å². The van der Waals surface area contributed by atoms with E-state index in [1.165, 1.54) is 0 Å². The van der Waals surface area contributed by atoms with Gasteiger partial charge in [-0.15, -0.1) is 10.2 Å². The summed E-state index contributed by atoms with van der Waals surface area (Å²) in [6, 6.07) is 7.09. The lowest BCUT2D eigenvalue weighted by atomic mass is 9.95. The van der Waals surface area contributed by atoms with E-state index in [4.69, 9.17) is 4.42 Å². The summed E-state index contributed by atoms with van der Waals surface area (Å²) in [6.45, 7) is 4.82. The third-order valence-electron chi connectivity index (χ3n) is 4.11. The van der Waals surface area contributed by atoms with Crippen LogP contribution in [0.4, 0.5) is 0 Å². The molecule has 0 spiro atoms. The molecule has 1 N–H and O–H groups in total. The molecule has 1 aliphatic rings. The van der Waals surface area contributed by atoms with E-state index in [0.717, 1.165) is 12.0 Å². The minimum Gasteiger partial charge on any atom is -0.421 e. The van der Waals surface area contributed by atoms with Crippen molar-refractivity contribution in [2.24, 2.45) is 5.92 Å². The van der Waals surface area contributed by atoms with Crippen LogP contribution in [-0.2, 0) is 0 Å². The SMILES string of the molecule is Cc1nnc(-c2ccc(C(=O)N3CCC(C)C(O)C3)cc2)o1. The number of carbonyl (C=O) groups excluding carboxylic acids is 1. The number of aliphatic hydroxyl groups excluding tert-OH is 1. The minimum atomic E-state index is -0.446. The van der Waals surface area contributed by atoms with Crippen LogP contribution in [-0.4, -0.2) is 45.3 Å². The normalized spacial score (nSPS) is 21.9. The van der Waals surface area contributed by atoms with Crippen molar-refractivity contribution in [3.63, 3.8) is 0 Å². The molecular weight excluding hydrogens is 282 g/mol. The fraction of sp³-hybridized carbons (Fsp3) is 0.438. The van der Waals surface area contributed by atoms with Crippen LogP contribution in [0, 0.1) is 12.8 Å². The molecule has 0 saturated carbocycles. The van der Waals surface area contributed by atoms with Crippen LogP contribution in [0.3, 0.4) is 0 Å². The quantitative estimate of drug-likeness (QED) is 0.916. The number of nitrogens with zero attached hydrogens (tertiary/aromatic N) is 3. The van der Waals surface area contributed by atoms with Gasteiger partial charge in [0, 0.05) is 31.1 Å². The molecule has 2 heterocycles. The predicted molar refractivity (Wildman–Crippen MR) is 80.2 cm³/mol. The Morgan fingerprint density at radius 2 is 2.05 bits per heavy atom. The van der Waals surface area contributed by atoms with Crippen LogP contribution < -0.4 is 0 Å². The zero-order chi connectivity index (χ0) is 15.7. The summed E-state index contributed by atoms with van der Waals surface area (Å²) < 4.78 is 5.36. The lowest BCUT2D eigenvalue weighted by molar-refractivity contribution is 0.0248. The number of amides is 1. The zero-order valence-corrected chi connectivity index (χ0v) is 12.7. The average Bonchev–Trinajstić information content (AvgIpc) is 2.96. The summed E-state index contributed by atoms with van der Waals surface area (Å²) in [6.07, 6.45) is 0.380. The highest BCUT2D eigenvalue weighted by Gasteiger charge is 2.27. The Hall–Kier alpha value is -2.21. The Bertz CT molecular complexity index is 666. The summed E-state index contributed by atoms with van der Waals surface area (Å²) in [7, 11) is 0. The minimum absolute atomic E-state index is 0.0563. The van der Waals surface area contributed by atoms with Gasteiger partial charge in [-0.05, 0) is 36.6 Å². The Morgan fingerprint density at radius 3 is 2.64 bits per heavy atom. The van der Waals surface area contributed by atoms with Crippen molar-refractivity contribution in [2.75, 3.05) is 13.1 Å². The van der Waals surface area contributed by atoms with E-state index in [2.05, 4.69) is 10.2 Å². The first-order valence-electron chi connectivity index (χ1n) is 7.42. The Balaban J connectivity index is 1.74. The molecule has 1 aromatic carbocycles. The molecule has 0 aliphatic carbocycles. The molecule has 2 unspecified atom stereocenters. The molecule has 6 nitrogen and oxygen atoms in total. The standard InChI is InChI=1S/C16H19N3O3/c1-10-7-8-19(9-14(10)20)16(21)13-5-3-12(4-6-13)15-18-17-11(2)22-15/h3-6,10,14,20H,7-9H2,1-2H3. The van der Waals surface area contributed by atoms with E-state index >= 15 is 0 Å². The Morgan fingerprint density at radius 1 is 1.32 bits per heavy atom. The summed E-state index contributed by atoms with van der Waals surface area (Å²) >= 11 is 0. The number of piperidine rings is 1. The third-order valence-corrected chi connectivity index (χ3v) is 4.11. The van der Waals surface area contributed by atoms with Gasteiger partial charge in [0.1, 0.15) is 0 Å². The van der Waals surface area contributed by atoms with Crippen molar-refractivity contribution in [3.05, 3.63) is 35.7 Å². The highest BCUT2D eigenvalue weighted by atomic mass is 16.4. The van der Waals surface area contributed by atoms with Crippen molar-refractivity contribution in [2.45, 2.75) is 26.4 Å². The molecule has 6 heteroatoms. The molecule has 1 aromatic heterocycles. The largest absolute Gasteiger partial charge is 0.421 e. The number of aliphatic hydroxyl groups is 1. The van der Waals surface area contributed by atoms with Gasteiger partial charge in [-0.3, -0.25) is 4.79 Å². The highest BCUT2D eigenvalue weighted by molar-refractivity contribution is 5.94. The number of carbonyl (C=O) groups is 1. The fourth-order valence-corrected chi connectivity index (χ4v) is 2.58. The van der Waals surface area contributed by atoms with Crippen molar-refractivity contribution < 1.29 is 14.3 Å². The summed E-state index contributed by atoms with van der Waals surface area (Å²) in [4.78, 5) is 14.2. The molecular formula is C16H19N3O3. The molecule has 2 aromatic rings. The van der Waals surface area contributed by atoms with Gasteiger partial charge in [-0.1, -0.05) is 6.92 Å². The molecule has 116 valence electrons. The maximum Gasteiger partial charge on any atom is 0.253 e. The number of aryl methyl sites for hydroxylation is 1. The molecule has 1 aliphatic heterocycles. The van der Waals surface area contributed by atoms with Crippen molar-refractivity contribution in [1.82, 2.24) is 15.1 Å². The van der Waals surface area contributed by atoms with Gasteiger partial charge in [0.25, 0.3) is 5.91 Å². The summed E-state index contributed by atoms with van der Waals surface area (Å²) in [5.41, 5.74) is 1.38. The van der Waals surface area contributed by atoms with Gasteiger partial charge in [0.2, 0.25) is 11.8 Å². The number of benzene rings is 1. The van der Waals surface area contributed by atoms with E-state index in [1.807, 2.05) is 6.92 Å². The monoisotopic (exact) mass is 301 g/mol. The Labute approximate surface area is 128 Å². The third kappa shape index (κ3) is 2.87. The second-order valence-corrected chi connectivity index (χ2v) is 5.79. The number of hydrogen-bond donors (Lipinski definition) is 1. The van der Waals surface area contributed by atoms with E-state index in [-0.39, 0.29) is 11.8 Å². The van der Waals surface area contributed by atoms with E-state index in [1.54, 1.807) is 36.1 Å². The van der Waals surface area contributed by atoms with Crippen LogP contribution in [0.5, 0.6) is 0 Å². The number of hydrogen-bond acceptors (Lipinski definition) is 5. The second-order valence-electron chi connectivity index (χ2n) is 5.79. The second kappa shape index (κ2) is 5.88. The highest BCUT2D eigenvalue weighted by Crippen LogP contribution is 2.21. The predicted octanol–water partition coefficient (Wildman–Crippen LogP) is 1.89. The van der Waals surface area contributed by atoms with Gasteiger partial charge in [-0.25, -0.2) is 0 Å². The van der Waals surface area contributed by atoms with Crippen LogP contribution in [0.15, 0.2) is 28.7 Å². The zero-order valence-electron chi connectivity index (χ0n) is 12.7. The van der Waals surface area contributed by atoms with Gasteiger partial charge in [-0.2, -0.15) is 0 Å². The molecule has 1 amide bonds. The van der Waals surface area contributed by atoms with Crippen LogP contribution in [0.25, 0.3) is 11.5 Å². The van der Waals surface area contributed by atoms with Crippen LogP contribution in [0.2, 0.25) is 0 Å². The van der Waals surface area contributed by atoms with E-state index in [0.29, 0.717) is 30.4 Å². The fourth-order valence-electron chi connectivity index (χ4n) is 2.58. The maximum absolute atomic E-state index is 12.5. The van der Waals surface area contributed by atoms with E-state index < -0.39 is 6.10 Å². The first-order valence-corrected chi connectivity index (χ1v) is 7.42. The first kappa shape index (κ1) is 14.7. The van der Waals surface area contributed by atoms with Gasteiger partial charge in [0.05, 0.1) is 6.10 Å².